The molecule has 0 aromatic carbocycles. The maximum atomic E-state index is 2.99. The quantitative estimate of drug-likeness (QED) is 0.409. The molecule has 0 saturated carbocycles. The van der Waals surface area contributed by atoms with Gasteiger partial charge in [0.15, 0.2) is 0 Å². The van der Waals surface area contributed by atoms with Gasteiger partial charge in [-0.05, 0) is 21.9 Å². The molecule has 0 spiro atoms. The van der Waals surface area contributed by atoms with Gasteiger partial charge < -0.3 is 0 Å². The van der Waals surface area contributed by atoms with Crippen LogP contribution in [0.3, 0.4) is 0 Å². The molecule has 0 aromatic rings. The Bertz CT molecular complexity index is 156. The number of rotatable bonds is 0. The van der Waals surface area contributed by atoms with Gasteiger partial charge in [-0.3, -0.25) is 12.2 Å². The second-order valence-corrected chi connectivity index (χ2v) is 2.01. The minimum absolute atomic E-state index is 0. The van der Waals surface area contributed by atoms with Crippen LogP contribution in [0.4, 0.5) is 0 Å². The van der Waals surface area contributed by atoms with Crippen molar-refractivity contribution in [3.05, 3.63) is 48.6 Å². The van der Waals surface area contributed by atoms with Gasteiger partial charge in [0, 0.05) is 25.8 Å². The summed E-state index contributed by atoms with van der Waals surface area (Å²) in [5.74, 6) is 0. The molecule has 0 bridgehead atoms. The van der Waals surface area contributed by atoms with Crippen molar-refractivity contribution < 1.29 is 25.8 Å². The molecule has 2 radical (unpaired) electrons. The molecule has 0 N–H and O–H groups in total. The molecular weight excluding hydrogens is 390 g/mol. The summed E-state index contributed by atoms with van der Waals surface area (Å²) < 4.78 is 0. The summed E-state index contributed by atoms with van der Waals surface area (Å²) in [5.41, 5.74) is 0. The van der Waals surface area contributed by atoms with Crippen LogP contribution < -0.4 is 0 Å². The van der Waals surface area contributed by atoms with Crippen molar-refractivity contribution in [2.24, 2.45) is 0 Å². The van der Waals surface area contributed by atoms with E-state index in [9.17, 15) is 0 Å². The van der Waals surface area contributed by atoms with E-state index in [1.54, 1.807) is 0 Å². The number of hydrogen-bond acceptors (Lipinski definition) is 0. The predicted molar refractivity (Wildman–Crippen MR) is 70.3 cm³/mol. The predicted octanol–water partition coefficient (Wildman–Crippen LogP) is 0.663. The molecule has 0 aromatic heterocycles. The van der Waals surface area contributed by atoms with Gasteiger partial charge in [0.2, 0.25) is 0 Å². The molecule has 0 amide bonds. The van der Waals surface area contributed by atoms with Crippen LogP contribution in [-0.2, 0) is 25.8 Å². The van der Waals surface area contributed by atoms with Crippen LogP contribution >= 0.6 is 12.4 Å². The molecule has 2 aliphatic carbocycles. The zero-order valence-corrected chi connectivity index (χ0v) is 17.2. The fourth-order valence-corrected chi connectivity index (χ4v) is 0.680. The zero-order valence-electron chi connectivity index (χ0n) is 8.79. The van der Waals surface area contributed by atoms with E-state index in [2.05, 4.69) is 24.3 Å². The first-order chi connectivity index (χ1) is 5.00. The maximum Gasteiger partial charge on any atom is 0 e. The van der Waals surface area contributed by atoms with Gasteiger partial charge in [0.05, 0.1) is 0 Å². The Labute approximate surface area is 121 Å². The summed E-state index contributed by atoms with van der Waals surface area (Å²) in [6.07, 6.45) is 20.0. The second kappa shape index (κ2) is 19.2. The van der Waals surface area contributed by atoms with Crippen molar-refractivity contribution in [3.8, 4) is 0 Å². The number of halogens is 1. The van der Waals surface area contributed by atoms with Crippen molar-refractivity contribution in [1.82, 2.24) is 0 Å². The molecule has 4 heteroatoms. The van der Waals surface area contributed by atoms with Crippen molar-refractivity contribution in [2.45, 2.75) is 12.8 Å². The first-order valence-electron chi connectivity index (χ1n) is 3.43. The molecule has 2 aliphatic rings. The average molecular weight is 407 g/mol. The standard InChI is InChI=1S/2C5H5.ClH.Hf.2H3Si/c2*1-2-4-5-3-1;;;;/h2*1-3H,4H2;1H;;2*1H3/q2*-1;;;;. The Morgan fingerprint density at radius 1 is 0.786 bits per heavy atom. The van der Waals surface area contributed by atoms with Gasteiger partial charge in [-0.1, -0.05) is 0 Å². The van der Waals surface area contributed by atoms with Gasteiger partial charge in [0.1, 0.15) is 0 Å². The minimum Gasteiger partial charge on any atom is -0.273 e. The molecule has 0 fully saturated rings. The molecule has 0 nitrogen and oxygen atoms in total. The fraction of sp³-hybridized carbons (Fsp3) is 0.200. The van der Waals surface area contributed by atoms with Gasteiger partial charge in [0.25, 0.3) is 0 Å². The molecule has 0 atom stereocenters. The summed E-state index contributed by atoms with van der Waals surface area (Å²) in [7, 11) is 0. The third-order valence-electron chi connectivity index (χ3n) is 1.17. The van der Waals surface area contributed by atoms with Crippen LogP contribution in [0.1, 0.15) is 12.8 Å². The van der Waals surface area contributed by atoms with Crippen molar-refractivity contribution >= 4 is 34.3 Å². The number of allylic oxidation sites excluding steroid dienone is 8. The van der Waals surface area contributed by atoms with E-state index in [-0.39, 0.29) is 60.2 Å². The summed E-state index contributed by atoms with van der Waals surface area (Å²) in [6.45, 7) is 0. The van der Waals surface area contributed by atoms with E-state index in [0.29, 0.717) is 0 Å². The van der Waals surface area contributed by atoms with Crippen LogP contribution in [0.5, 0.6) is 0 Å². The van der Waals surface area contributed by atoms with Gasteiger partial charge >= 0.3 is 0 Å². The zero-order chi connectivity index (χ0) is 7.07. The largest absolute Gasteiger partial charge is 0.273 e. The Hall–Kier alpha value is 0.554. The summed E-state index contributed by atoms with van der Waals surface area (Å²) in [6, 6.07) is 0. The summed E-state index contributed by atoms with van der Waals surface area (Å²) >= 11 is 0. The molecule has 2 rings (SSSR count). The topological polar surface area (TPSA) is 0 Å². The Morgan fingerprint density at radius 2 is 1.14 bits per heavy atom. The maximum absolute atomic E-state index is 2.99. The Morgan fingerprint density at radius 3 is 1.21 bits per heavy atom. The first kappa shape index (κ1) is 24.0. The van der Waals surface area contributed by atoms with E-state index in [0.717, 1.165) is 12.8 Å². The van der Waals surface area contributed by atoms with Crippen LogP contribution in [0.25, 0.3) is 0 Å². The molecular formula is C10H17ClHfSi2-2. The van der Waals surface area contributed by atoms with E-state index in [1.807, 2.05) is 24.3 Å². The van der Waals surface area contributed by atoms with Gasteiger partial charge in [-0.25, -0.2) is 24.3 Å². The minimum atomic E-state index is 0. The SMILES string of the molecule is Cl.[C-]1=CC=CC1.[C-]1=CC=CC1.[Hf].[SiH3].[SiH3]. The van der Waals surface area contributed by atoms with Crippen LogP contribution in [0.15, 0.2) is 36.5 Å². The Balaban J connectivity index is -0.0000000556. The monoisotopic (exact) mass is 408 g/mol. The molecule has 0 saturated heterocycles. The normalized spacial score (nSPS) is 12.6. The van der Waals surface area contributed by atoms with Gasteiger partial charge in [-0.15, -0.1) is 25.2 Å². The van der Waals surface area contributed by atoms with Crippen LogP contribution in [-0.4, -0.2) is 21.9 Å². The average Bonchev–Trinajstić information content (AvgIpc) is 2.67. The van der Waals surface area contributed by atoms with Crippen LogP contribution in [0.2, 0.25) is 0 Å². The molecule has 0 aliphatic heterocycles. The fourth-order valence-electron chi connectivity index (χ4n) is 0.680. The summed E-state index contributed by atoms with van der Waals surface area (Å²) in [4.78, 5) is 0. The third kappa shape index (κ3) is 15.0. The van der Waals surface area contributed by atoms with Crippen LogP contribution in [0, 0.1) is 12.2 Å². The molecule has 78 valence electrons. The van der Waals surface area contributed by atoms with E-state index < -0.39 is 0 Å². The van der Waals surface area contributed by atoms with Gasteiger partial charge in [-0.2, -0.15) is 12.2 Å². The Kier molecular flexibility index (Phi) is 32.9. The van der Waals surface area contributed by atoms with Crippen molar-refractivity contribution in [2.75, 3.05) is 0 Å². The van der Waals surface area contributed by atoms with Crippen molar-refractivity contribution in [3.63, 3.8) is 0 Å². The van der Waals surface area contributed by atoms with E-state index >= 15 is 0 Å². The number of hydrogen-bond donors (Lipinski definition) is 0. The van der Waals surface area contributed by atoms with Crippen molar-refractivity contribution in [1.29, 1.82) is 0 Å². The molecule has 0 unspecified atom stereocenters. The first-order valence-corrected chi connectivity index (χ1v) is 3.43. The van der Waals surface area contributed by atoms with E-state index in [1.165, 1.54) is 0 Å². The summed E-state index contributed by atoms with van der Waals surface area (Å²) in [5, 5.41) is 0. The third-order valence-corrected chi connectivity index (χ3v) is 1.17. The molecule has 14 heavy (non-hydrogen) atoms. The smallest absolute Gasteiger partial charge is 0 e. The molecule has 0 heterocycles. The van der Waals surface area contributed by atoms with E-state index in [4.69, 9.17) is 0 Å². The second-order valence-electron chi connectivity index (χ2n) is 2.01.